The van der Waals surface area contributed by atoms with Crippen molar-refractivity contribution in [1.82, 2.24) is 14.9 Å². The number of carbonyl (C=O) groups is 1. The lowest BCUT2D eigenvalue weighted by molar-refractivity contribution is -0.816. The minimum absolute atomic E-state index is 0.00290. The number of thioether (sulfide) groups is 1. The van der Waals surface area contributed by atoms with Crippen molar-refractivity contribution in [2.24, 2.45) is 0 Å². The molecule has 32 heavy (non-hydrogen) atoms. The van der Waals surface area contributed by atoms with Crippen LogP contribution < -0.4 is 9.64 Å². The molecule has 2 heterocycles. The molecule has 0 spiro atoms. The van der Waals surface area contributed by atoms with E-state index < -0.39 is 6.09 Å². The highest BCUT2D eigenvalue weighted by molar-refractivity contribution is 9.10. The predicted molar refractivity (Wildman–Crippen MR) is 131 cm³/mol. The maximum Gasteiger partial charge on any atom is 0.513 e. The fourth-order valence-electron chi connectivity index (χ4n) is 3.61. The van der Waals surface area contributed by atoms with E-state index in [9.17, 15) is 9.90 Å². The number of aromatic nitrogens is 2. The molecule has 1 saturated heterocycles. The summed E-state index contributed by atoms with van der Waals surface area (Å²) in [6.07, 6.45) is 3.56. The van der Waals surface area contributed by atoms with E-state index in [4.69, 9.17) is 4.74 Å². The first-order chi connectivity index (χ1) is 15.3. The Hall–Kier alpha value is -1.88. The van der Waals surface area contributed by atoms with Gasteiger partial charge in [0.25, 0.3) is 0 Å². The topological polar surface area (TPSA) is 78.8 Å². The average Bonchev–Trinajstić information content (AvgIpc) is 2.78. The van der Waals surface area contributed by atoms with Crippen LogP contribution in [0.1, 0.15) is 12.0 Å². The Morgan fingerprint density at radius 2 is 1.94 bits per heavy atom. The Bertz CT molecular complexity index is 922. The second kappa shape index (κ2) is 11.3. The third-order valence-electron chi connectivity index (χ3n) is 5.63. The van der Waals surface area contributed by atoms with E-state index in [-0.39, 0.29) is 4.48 Å². The maximum absolute atomic E-state index is 11.3. The van der Waals surface area contributed by atoms with Gasteiger partial charge < -0.3 is 14.7 Å². The highest BCUT2D eigenvalue weighted by Crippen LogP contribution is 2.33. The van der Waals surface area contributed by atoms with Gasteiger partial charge in [-0.25, -0.2) is 14.5 Å². The van der Waals surface area contributed by atoms with Crippen LogP contribution >= 0.6 is 27.7 Å². The Morgan fingerprint density at radius 1 is 1.22 bits per heavy atom. The highest BCUT2D eigenvalue weighted by Gasteiger charge is 2.26. The van der Waals surface area contributed by atoms with Crippen LogP contribution in [0.4, 0.5) is 10.6 Å². The van der Waals surface area contributed by atoms with Crippen molar-refractivity contribution in [2.45, 2.75) is 17.2 Å². The molecule has 2 aromatic rings. The summed E-state index contributed by atoms with van der Waals surface area (Å²) in [4.78, 5) is 25.2. The number of rotatable bonds is 9. The van der Waals surface area contributed by atoms with Crippen molar-refractivity contribution in [3.63, 3.8) is 0 Å². The number of ether oxygens (including phenoxy) is 1. The minimum Gasteiger partial charge on any atom is -0.496 e. The molecule has 1 aliphatic rings. The Morgan fingerprint density at radius 3 is 2.62 bits per heavy atom. The van der Waals surface area contributed by atoms with Gasteiger partial charge in [0.1, 0.15) is 10.8 Å². The molecule has 1 aromatic carbocycles. The summed E-state index contributed by atoms with van der Waals surface area (Å²) in [5.41, 5.74) is 1.11. The maximum atomic E-state index is 11.3. The van der Waals surface area contributed by atoms with E-state index in [0.29, 0.717) is 6.54 Å². The number of hydrogen-bond donors (Lipinski definition) is 1. The number of quaternary nitrogens is 1. The quantitative estimate of drug-likeness (QED) is 0.391. The number of anilines is 1. The van der Waals surface area contributed by atoms with Crippen LogP contribution in [0.5, 0.6) is 5.75 Å². The molecule has 0 radical (unpaired) electrons. The number of halogens is 1. The summed E-state index contributed by atoms with van der Waals surface area (Å²) in [6, 6.07) is 6.01. The van der Waals surface area contributed by atoms with Crippen molar-refractivity contribution >= 4 is 39.6 Å². The standard InChI is InChI=1S/C22H30BrN5O3S/c1-28(2,22(29)30)14-4-9-26-10-12-27(13-11-26)20-21(25-8-7-24-20)32-16-17-15-18(23)5-6-19(17)31-3/h5-8,15H,4,9-14,16H2,1-3H3/p+1. The lowest BCUT2D eigenvalue weighted by atomic mass is 10.2. The summed E-state index contributed by atoms with van der Waals surface area (Å²) in [6.45, 7) is 5.15. The molecule has 3 rings (SSSR count). The van der Waals surface area contributed by atoms with Crippen molar-refractivity contribution in [2.75, 3.05) is 65.4 Å². The Kier molecular flexibility index (Phi) is 8.75. The van der Waals surface area contributed by atoms with Crippen LogP contribution in [0, 0.1) is 0 Å². The van der Waals surface area contributed by atoms with Crippen molar-refractivity contribution in [1.29, 1.82) is 0 Å². The molecule has 0 bridgehead atoms. The first-order valence-electron chi connectivity index (χ1n) is 10.6. The largest absolute Gasteiger partial charge is 0.513 e. The molecule has 0 saturated carbocycles. The molecule has 0 atom stereocenters. The molecule has 1 N–H and O–H groups in total. The Balaban J connectivity index is 1.55. The van der Waals surface area contributed by atoms with Gasteiger partial charge in [-0.15, -0.1) is 0 Å². The zero-order valence-corrected chi connectivity index (χ0v) is 21.2. The monoisotopic (exact) mass is 524 g/mol. The van der Waals surface area contributed by atoms with Gasteiger partial charge in [-0.1, -0.05) is 27.7 Å². The number of methoxy groups -OCH3 is 1. The first kappa shape index (κ1) is 24.8. The number of carboxylic acid groups (broad SMARTS) is 1. The summed E-state index contributed by atoms with van der Waals surface area (Å²) in [5.74, 6) is 2.53. The van der Waals surface area contributed by atoms with Gasteiger partial charge in [-0.2, -0.15) is 4.79 Å². The minimum atomic E-state index is -0.789. The van der Waals surface area contributed by atoms with E-state index in [0.717, 1.165) is 71.5 Å². The van der Waals surface area contributed by atoms with Crippen LogP contribution in [0.2, 0.25) is 0 Å². The second-order valence-corrected chi connectivity index (χ2v) is 10.2. The van der Waals surface area contributed by atoms with E-state index >= 15 is 0 Å². The molecule has 174 valence electrons. The summed E-state index contributed by atoms with van der Waals surface area (Å²) in [5, 5.41) is 10.2. The van der Waals surface area contributed by atoms with E-state index in [2.05, 4.69) is 41.8 Å². The molecule has 0 aliphatic carbocycles. The lowest BCUT2D eigenvalue weighted by Gasteiger charge is -2.36. The number of piperazine rings is 1. The molecule has 1 aromatic heterocycles. The van der Waals surface area contributed by atoms with Gasteiger partial charge in [0, 0.05) is 67.3 Å². The summed E-state index contributed by atoms with van der Waals surface area (Å²) < 4.78 is 6.52. The van der Waals surface area contributed by atoms with Crippen molar-refractivity contribution in [3.8, 4) is 5.75 Å². The normalized spacial score (nSPS) is 15.1. The van der Waals surface area contributed by atoms with E-state index in [1.54, 1.807) is 45.4 Å². The van der Waals surface area contributed by atoms with E-state index in [1.807, 2.05) is 12.1 Å². The first-order valence-corrected chi connectivity index (χ1v) is 12.4. The van der Waals surface area contributed by atoms with Gasteiger partial charge >= 0.3 is 6.09 Å². The lowest BCUT2D eigenvalue weighted by Crippen LogP contribution is -2.49. The van der Waals surface area contributed by atoms with Crippen molar-refractivity contribution in [3.05, 3.63) is 40.6 Å². The second-order valence-electron chi connectivity index (χ2n) is 8.30. The number of amides is 1. The number of nitrogens with zero attached hydrogens (tertiary/aromatic N) is 5. The highest BCUT2D eigenvalue weighted by atomic mass is 79.9. The summed E-state index contributed by atoms with van der Waals surface area (Å²) in [7, 11) is 5.15. The number of hydrogen-bond acceptors (Lipinski definition) is 7. The molecule has 8 nitrogen and oxygen atoms in total. The third kappa shape index (κ3) is 6.57. The van der Waals surface area contributed by atoms with Gasteiger partial charge in [-0.05, 0) is 18.2 Å². The molecule has 1 fully saturated rings. The SMILES string of the molecule is COc1ccc(Br)cc1CSc1nccnc1N1CCN(CCC[N+](C)(C)C(=O)O)CC1. The van der Waals surface area contributed by atoms with Gasteiger partial charge in [0.2, 0.25) is 0 Å². The number of benzene rings is 1. The van der Waals surface area contributed by atoms with Crippen LogP contribution in [-0.4, -0.2) is 91.0 Å². The van der Waals surface area contributed by atoms with Crippen LogP contribution in [0.15, 0.2) is 40.1 Å². The third-order valence-corrected chi connectivity index (χ3v) is 7.14. The van der Waals surface area contributed by atoms with Gasteiger partial charge in [0.15, 0.2) is 5.82 Å². The fraction of sp³-hybridized carbons (Fsp3) is 0.500. The Labute approximate surface area is 202 Å². The molecular weight excluding hydrogens is 494 g/mol. The zero-order valence-electron chi connectivity index (χ0n) is 18.8. The molecular formula is C22H31BrN5O3S+. The molecule has 0 unspecified atom stereocenters. The molecule has 1 amide bonds. The smallest absolute Gasteiger partial charge is 0.496 e. The fourth-order valence-corrected chi connectivity index (χ4v) is 4.98. The van der Waals surface area contributed by atoms with Crippen LogP contribution in [-0.2, 0) is 5.75 Å². The summed E-state index contributed by atoms with van der Waals surface area (Å²) >= 11 is 5.20. The van der Waals surface area contributed by atoms with Crippen LogP contribution in [0.25, 0.3) is 0 Å². The van der Waals surface area contributed by atoms with Crippen LogP contribution in [0.3, 0.4) is 0 Å². The zero-order chi connectivity index (χ0) is 23.1. The average molecular weight is 525 g/mol. The molecule has 10 heteroatoms. The predicted octanol–water partition coefficient (Wildman–Crippen LogP) is 3.81. The van der Waals surface area contributed by atoms with Gasteiger partial charge in [-0.3, -0.25) is 4.90 Å². The van der Waals surface area contributed by atoms with Crippen molar-refractivity contribution < 1.29 is 19.1 Å². The van der Waals surface area contributed by atoms with Gasteiger partial charge in [0.05, 0.1) is 27.7 Å². The molecule has 1 aliphatic heterocycles. The van der Waals surface area contributed by atoms with E-state index in [1.165, 1.54) is 0 Å².